The van der Waals surface area contributed by atoms with Gasteiger partial charge in [-0.2, -0.15) is 0 Å². The van der Waals surface area contributed by atoms with Crippen molar-refractivity contribution in [1.29, 1.82) is 0 Å². The summed E-state index contributed by atoms with van der Waals surface area (Å²) >= 11 is 0. The fourth-order valence-corrected chi connectivity index (χ4v) is 7.02. The number of aromatic hydroxyl groups is 1. The van der Waals surface area contributed by atoms with E-state index in [1.165, 1.54) is 0 Å². The maximum atomic E-state index is 10.9. The Balaban J connectivity index is 1.99. The van der Waals surface area contributed by atoms with Crippen LogP contribution in [0.4, 0.5) is 0 Å². The molecular weight excluding hydrogens is 383 g/mol. The van der Waals surface area contributed by atoms with Crippen LogP contribution in [0, 0.1) is 0 Å². The summed E-state index contributed by atoms with van der Waals surface area (Å²) in [5.41, 5.74) is 3.50. The lowest BCUT2D eigenvalue weighted by molar-refractivity contribution is 0.477. The van der Waals surface area contributed by atoms with Gasteiger partial charge in [-0.25, -0.2) is 15.0 Å². The van der Waals surface area contributed by atoms with Gasteiger partial charge in [0, 0.05) is 30.7 Å². The maximum absolute atomic E-state index is 10.9. The molecule has 4 aromatic heterocycles. The summed E-state index contributed by atoms with van der Waals surface area (Å²) in [5.74, 6) is 0.0664. The van der Waals surface area contributed by atoms with Gasteiger partial charge in [-0.15, -0.1) is 5.10 Å². The van der Waals surface area contributed by atoms with E-state index in [9.17, 15) is 5.11 Å². The molecular formula is C21H16N6OP+. The Kier molecular flexibility index (Phi) is 4.22. The van der Waals surface area contributed by atoms with E-state index in [0.717, 1.165) is 21.9 Å². The van der Waals surface area contributed by atoms with Gasteiger partial charge in [0.2, 0.25) is 10.9 Å². The highest BCUT2D eigenvalue weighted by Gasteiger charge is 2.56. The van der Waals surface area contributed by atoms with Crippen molar-refractivity contribution in [1.82, 2.24) is 29.7 Å². The maximum Gasteiger partial charge on any atom is 0.292 e. The molecule has 0 aliphatic rings. The van der Waals surface area contributed by atoms with Gasteiger partial charge in [-0.05, 0) is 41.6 Å². The third-order valence-corrected chi connectivity index (χ3v) is 8.33. The van der Waals surface area contributed by atoms with Crippen molar-refractivity contribution in [3.8, 4) is 5.75 Å². The van der Waals surface area contributed by atoms with Gasteiger partial charge < -0.3 is 5.11 Å². The van der Waals surface area contributed by atoms with Gasteiger partial charge in [0.25, 0.3) is 12.8 Å². The number of hydrogen-bond donors (Lipinski definition) is 1. The van der Waals surface area contributed by atoms with Gasteiger partial charge in [-0.1, -0.05) is 28.7 Å². The van der Waals surface area contributed by atoms with Crippen molar-refractivity contribution in [2.45, 2.75) is 0 Å². The number of aromatic nitrogens is 6. The van der Waals surface area contributed by atoms with E-state index in [-0.39, 0.29) is 5.75 Å². The Bertz CT molecular complexity index is 1240. The van der Waals surface area contributed by atoms with Crippen molar-refractivity contribution >= 4 is 34.8 Å². The summed E-state index contributed by atoms with van der Waals surface area (Å²) in [5, 5.41) is 19.8. The van der Waals surface area contributed by atoms with Crippen LogP contribution in [0.15, 0.2) is 91.4 Å². The predicted octanol–water partition coefficient (Wildman–Crippen LogP) is 2.08. The summed E-state index contributed by atoms with van der Waals surface area (Å²) in [7, 11) is -2.88. The van der Waals surface area contributed by atoms with Crippen LogP contribution in [-0.4, -0.2) is 34.8 Å². The number of para-hydroxylation sites is 1. The highest BCUT2D eigenvalue weighted by molar-refractivity contribution is 7.94. The second-order valence-corrected chi connectivity index (χ2v) is 9.31. The average Bonchev–Trinajstić information content (AvgIpc) is 3.22. The van der Waals surface area contributed by atoms with Crippen LogP contribution in [0.5, 0.6) is 5.75 Å². The van der Waals surface area contributed by atoms with Crippen LogP contribution >= 0.6 is 7.41 Å². The van der Waals surface area contributed by atoms with Crippen LogP contribution in [0.25, 0.3) is 11.0 Å². The lowest BCUT2D eigenvalue weighted by Gasteiger charge is -2.23. The molecule has 8 heteroatoms. The normalized spacial score (nSPS) is 11.6. The molecule has 1 aromatic carbocycles. The molecule has 0 saturated heterocycles. The minimum Gasteiger partial charge on any atom is -0.503 e. The fourth-order valence-electron chi connectivity index (χ4n) is 3.42. The number of hydrogen-bond acceptors (Lipinski definition) is 6. The highest BCUT2D eigenvalue weighted by Crippen LogP contribution is 2.56. The molecule has 4 heterocycles. The van der Waals surface area contributed by atoms with Crippen molar-refractivity contribution in [2.24, 2.45) is 0 Å². The van der Waals surface area contributed by atoms with E-state index < -0.39 is 7.41 Å². The lowest BCUT2D eigenvalue weighted by Crippen LogP contribution is -2.40. The van der Waals surface area contributed by atoms with E-state index in [2.05, 4.69) is 25.3 Å². The Morgan fingerprint density at radius 2 is 1.34 bits per heavy atom. The second-order valence-electron chi connectivity index (χ2n) is 6.33. The standard InChI is InChI=1S/C21H15N6OP/c28-18-10-7-15-24-21(18)29(19-11-3-5-13-22-19,20-12-4-6-14-23-20)27-17-9-2-1-8-16(17)25-26-27/h1-15H/p+1. The van der Waals surface area contributed by atoms with Crippen LogP contribution < -0.4 is 16.3 Å². The minimum atomic E-state index is -2.88. The van der Waals surface area contributed by atoms with E-state index in [4.69, 9.17) is 0 Å². The fraction of sp³-hybridized carbons (Fsp3) is 0. The number of nitrogens with zero attached hydrogens (tertiary/aromatic N) is 6. The van der Waals surface area contributed by atoms with Crippen molar-refractivity contribution in [3.63, 3.8) is 0 Å². The van der Waals surface area contributed by atoms with Gasteiger partial charge in [0.05, 0.1) is 0 Å². The first kappa shape index (κ1) is 17.4. The lowest BCUT2D eigenvalue weighted by atomic mass is 10.3. The zero-order chi connectivity index (χ0) is 19.7. The van der Waals surface area contributed by atoms with E-state index in [1.807, 2.05) is 65.1 Å². The van der Waals surface area contributed by atoms with Crippen LogP contribution in [0.3, 0.4) is 0 Å². The zero-order valence-electron chi connectivity index (χ0n) is 15.2. The molecule has 5 rings (SSSR count). The smallest absolute Gasteiger partial charge is 0.292 e. The first-order valence-corrected chi connectivity index (χ1v) is 10.7. The molecule has 1 N–H and O–H groups in total. The third kappa shape index (κ3) is 2.67. The molecule has 0 aliphatic carbocycles. The number of fused-ring (bicyclic) bond motifs is 1. The molecule has 0 unspecified atom stereocenters. The van der Waals surface area contributed by atoms with Gasteiger partial charge in [0.15, 0.2) is 5.75 Å². The molecule has 7 nitrogen and oxygen atoms in total. The predicted molar refractivity (Wildman–Crippen MR) is 113 cm³/mol. The molecule has 0 amide bonds. The van der Waals surface area contributed by atoms with Crippen LogP contribution in [-0.2, 0) is 0 Å². The van der Waals surface area contributed by atoms with Gasteiger partial charge in [-0.3, -0.25) is 0 Å². The first-order valence-electron chi connectivity index (χ1n) is 9.00. The molecule has 0 saturated carbocycles. The quantitative estimate of drug-likeness (QED) is 0.466. The summed E-state index contributed by atoms with van der Waals surface area (Å²) in [6.45, 7) is 0. The monoisotopic (exact) mass is 399 g/mol. The molecule has 0 spiro atoms. The number of benzene rings is 1. The minimum absolute atomic E-state index is 0.0664. The molecule has 0 radical (unpaired) electrons. The van der Waals surface area contributed by atoms with E-state index in [0.29, 0.717) is 5.44 Å². The first-order chi connectivity index (χ1) is 14.3. The Morgan fingerprint density at radius 3 is 2.00 bits per heavy atom. The summed E-state index contributed by atoms with van der Waals surface area (Å²) in [4.78, 5) is 14.0. The highest BCUT2D eigenvalue weighted by atomic mass is 31.2. The van der Waals surface area contributed by atoms with Crippen molar-refractivity contribution < 1.29 is 5.11 Å². The number of rotatable bonds is 4. The molecule has 29 heavy (non-hydrogen) atoms. The molecule has 0 bridgehead atoms. The van der Waals surface area contributed by atoms with Gasteiger partial charge in [0.1, 0.15) is 11.0 Å². The summed E-state index contributed by atoms with van der Waals surface area (Å²) in [6.07, 6.45) is 5.12. The molecule has 0 atom stereocenters. The van der Waals surface area contributed by atoms with E-state index in [1.54, 1.807) is 30.7 Å². The third-order valence-electron chi connectivity index (χ3n) is 4.65. The van der Waals surface area contributed by atoms with Crippen molar-refractivity contribution in [2.75, 3.05) is 0 Å². The Labute approximate surface area is 167 Å². The van der Waals surface area contributed by atoms with Crippen molar-refractivity contribution in [3.05, 3.63) is 91.4 Å². The molecule has 5 aromatic rings. The number of pyridine rings is 3. The van der Waals surface area contributed by atoms with E-state index >= 15 is 0 Å². The average molecular weight is 399 g/mol. The Hall–Kier alpha value is -3.70. The summed E-state index contributed by atoms with van der Waals surface area (Å²) in [6, 6.07) is 22.4. The summed E-state index contributed by atoms with van der Waals surface area (Å²) < 4.78 is 1.84. The Morgan fingerprint density at radius 1 is 0.690 bits per heavy atom. The van der Waals surface area contributed by atoms with Crippen LogP contribution in [0.1, 0.15) is 0 Å². The molecule has 0 fully saturated rings. The molecule has 140 valence electrons. The topological polar surface area (TPSA) is 89.6 Å². The second kappa shape index (κ2) is 7.04. The van der Waals surface area contributed by atoms with Gasteiger partial charge >= 0.3 is 0 Å². The van der Waals surface area contributed by atoms with Crippen LogP contribution in [0.2, 0.25) is 0 Å². The largest absolute Gasteiger partial charge is 0.503 e. The molecule has 0 aliphatic heterocycles. The SMILES string of the molecule is Oc1cccnc1[P+](c1ccccn1)(c1ccccn1)n1nnc2ccccc21. The zero-order valence-corrected chi connectivity index (χ0v) is 16.1.